The molecule has 6 heteroatoms. The fourth-order valence-corrected chi connectivity index (χ4v) is 3.00. The van der Waals surface area contributed by atoms with E-state index in [0.29, 0.717) is 30.1 Å². The van der Waals surface area contributed by atoms with Crippen LogP contribution in [0, 0.1) is 5.82 Å². The van der Waals surface area contributed by atoms with E-state index in [0.717, 1.165) is 5.56 Å². The zero-order valence-electron chi connectivity index (χ0n) is 15.5. The molecule has 0 aromatic heterocycles. The maximum atomic E-state index is 13.1. The number of nitrogens with one attached hydrogen (secondary N) is 1. The van der Waals surface area contributed by atoms with Crippen molar-refractivity contribution in [3.63, 3.8) is 0 Å². The first-order valence-electron chi connectivity index (χ1n) is 9.00. The van der Waals surface area contributed by atoms with Crippen molar-refractivity contribution in [1.82, 2.24) is 10.2 Å². The second kappa shape index (κ2) is 10.1. The van der Waals surface area contributed by atoms with Crippen molar-refractivity contribution in [3.05, 3.63) is 70.5 Å². The fraction of sp³-hybridized carbons (Fsp3) is 0.333. The molecular weight excluding hydrogens is 367 g/mol. The molecule has 0 aliphatic rings. The Bertz CT molecular complexity index is 763. The highest BCUT2D eigenvalue weighted by Crippen LogP contribution is 2.17. The van der Waals surface area contributed by atoms with Gasteiger partial charge in [-0.25, -0.2) is 4.39 Å². The van der Waals surface area contributed by atoms with Gasteiger partial charge in [0.2, 0.25) is 11.8 Å². The van der Waals surface area contributed by atoms with Gasteiger partial charge in [0, 0.05) is 18.1 Å². The normalized spacial score (nSPS) is 11.7. The summed E-state index contributed by atoms with van der Waals surface area (Å²) >= 11 is 5.94. The third-order valence-corrected chi connectivity index (χ3v) is 4.52. The number of carbonyl (C=O) groups excluding carboxylic acids is 2. The van der Waals surface area contributed by atoms with Crippen molar-refractivity contribution < 1.29 is 14.0 Å². The van der Waals surface area contributed by atoms with Gasteiger partial charge in [-0.1, -0.05) is 42.8 Å². The maximum absolute atomic E-state index is 13.1. The van der Waals surface area contributed by atoms with Gasteiger partial charge in [-0.3, -0.25) is 9.59 Å². The molecular formula is C21H24ClFN2O2. The van der Waals surface area contributed by atoms with E-state index in [1.54, 1.807) is 29.2 Å². The number of benzene rings is 2. The molecule has 0 radical (unpaired) electrons. The summed E-state index contributed by atoms with van der Waals surface area (Å²) in [6, 6.07) is 12.4. The Kier molecular flexibility index (Phi) is 7.80. The first-order chi connectivity index (χ1) is 12.9. The summed E-state index contributed by atoms with van der Waals surface area (Å²) in [5.74, 6) is -0.714. The number of amides is 2. The average molecular weight is 391 g/mol. The van der Waals surface area contributed by atoms with Crippen molar-refractivity contribution in [3.8, 4) is 0 Å². The molecule has 0 heterocycles. The highest BCUT2D eigenvalue weighted by Gasteiger charge is 2.28. The van der Waals surface area contributed by atoms with Gasteiger partial charge >= 0.3 is 0 Å². The van der Waals surface area contributed by atoms with Crippen molar-refractivity contribution in [2.24, 2.45) is 0 Å². The van der Waals surface area contributed by atoms with Gasteiger partial charge in [-0.15, -0.1) is 0 Å². The van der Waals surface area contributed by atoms with Crippen molar-refractivity contribution >= 4 is 23.4 Å². The summed E-state index contributed by atoms with van der Waals surface area (Å²) in [5.41, 5.74) is 1.59. The monoisotopic (exact) mass is 390 g/mol. The van der Waals surface area contributed by atoms with Gasteiger partial charge in [-0.05, 0) is 48.7 Å². The lowest BCUT2D eigenvalue weighted by atomic mass is 10.1. The summed E-state index contributed by atoms with van der Waals surface area (Å²) in [4.78, 5) is 27.1. The van der Waals surface area contributed by atoms with Crippen LogP contribution in [0.4, 0.5) is 4.39 Å². The molecule has 0 bridgehead atoms. The molecule has 0 spiro atoms. The lowest BCUT2D eigenvalue weighted by molar-refractivity contribution is -0.140. The van der Waals surface area contributed by atoms with Crippen LogP contribution in [0.3, 0.4) is 0 Å². The Morgan fingerprint density at radius 1 is 1.04 bits per heavy atom. The van der Waals surface area contributed by atoms with Crippen LogP contribution in [0.15, 0.2) is 48.5 Å². The standard InChI is InChI=1S/C21H24ClFN2O2/c1-3-19(21(27)24-4-2)25(14-16-5-9-17(22)10-6-16)20(26)13-15-7-11-18(23)12-8-15/h5-12,19H,3-4,13-14H2,1-2H3,(H,24,27)/t19-/m1/s1. The number of rotatable bonds is 8. The number of carbonyl (C=O) groups is 2. The minimum absolute atomic E-state index is 0.101. The molecule has 1 atom stereocenters. The number of halogens is 2. The highest BCUT2D eigenvalue weighted by atomic mass is 35.5. The Morgan fingerprint density at radius 3 is 2.19 bits per heavy atom. The topological polar surface area (TPSA) is 49.4 Å². The molecule has 2 aromatic rings. The highest BCUT2D eigenvalue weighted by molar-refractivity contribution is 6.30. The molecule has 0 saturated heterocycles. The SMILES string of the molecule is CCNC(=O)[C@@H](CC)N(Cc1ccc(Cl)cc1)C(=O)Cc1ccc(F)cc1. The van der Waals surface area contributed by atoms with Crippen LogP contribution in [0.1, 0.15) is 31.4 Å². The minimum Gasteiger partial charge on any atom is -0.355 e. The van der Waals surface area contributed by atoms with Crippen LogP contribution < -0.4 is 5.32 Å². The zero-order chi connectivity index (χ0) is 19.8. The molecule has 4 nitrogen and oxygen atoms in total. The molecule has 0 saturated carbocycles. The Hall–Kier alpha value is -2.40. The first kappa shape index (κ1) is 20.9. The molecule has 0 unspecified atom stereocenters. The number of likely N-dealkylation sites (N-methyl/N-ethyl adjacent to an activating group) is 1. The van der Waals surface area contributed by atoms with Crippen molar-refractivity contribution in [1.29, 1.82) is 0 Å². The van der Waals surface area contributed by atoms with E-state index in [9.17, 15) is 14.0 Å². The molecule has 2 aromatic carbocycles. The van der Waals surface area contributed by atoms with Gasteiger partial charge < -0.3 is 10.2 Å². The van der Waals surface area contributed by atoms with Crippen LogP contribution in [0.25, 0.3) is 0 Å². The van der Waals surface area contributed by atoms with Crippen molar-refractivity contribution in [2.45, 2.75) is 39.3 Å². The molecule has 2 amide bonds. The van der Waals surface area contributed by atoms with Crippen LogP contribution in [-0.2, 0) is 22.6 Å². The minimum atomic E-state index is -0.575. The van der Waals surface area contributed by atoms with Gasteiger partial charge in [-0.2, -0.15) is 0 Å². The largest absolute Gasteiger partial charge is 0.355 e. The van der Waals surface area contributed by atoms with E-state index in [1.807, 2.05) is 26.0 Å². The van der Waals surface area contributed by atoms with E-state index in [4.69, 9.17) is 11.6 Å². The van der Waals surface area contributed by atoms with Gasteiger partial charge in [0.1, 0.15) is 11.9 Å². The summed E-state index contributed by atoms with van der Waals surface area (Å²) in [5, 5.41) is 3.40. The molecule has 0 aliphatic carbocycles. The smallest absolute Gasteiger partial charge is 0.242 e. The maximum Gasteiger partial charge on any atom is 0.242 e. The predicted octanol–water partition coefficient (Wildman–Crippen LogP) is 3.97. The van der Waals surface area contributed by atoms with Crippen LogP contribution in [-0.4, -0.2) is 29.3 Å². The summed E-state index contributed by atoms with van der Waals surface area (Å²) in [7, 11) is 0. The first-order valence-corrected chi connectivity index (χ1v) is 9.38. The third-order valence-electron chi connectivity index (χ3n) is 4.27. The summed E-state index contributed by atoms with van der Waals surface area (Å²) in [6.45, 7) is 4.51. The lowest BCUT2D eigenvalue weighted by Crippen LogP contribution is -2.49. The number of nitrogens with zero attached hydrogens (tertiary/aromatic N) is 1. The zero-order valence-corrected chi connectivity index (χ0v) is 16.3. The van der Waals surface area contributed by atoms with Gasteiger partial charge in [0.05, 0.1) is 6.42 Å². The Balaban J connectivity index is 2.25. The predicted molar refractivity (Wildman–Crippen MR) is 105 cm³/mol. The van der Waals surface area contributed by atoms with Crippen LogP contribution in [0.2, 0.25) is 5.02 Å². The number of hydrogen-bond acceptors (Lipinski definition) is 2. The fourth-order valence-electron chi connectivity index (χ4n) is 2.88. The summed E-state index contributed by atoms with van der Waals surface area (Å²) in [6.07, 6.45) is 0.596. The molecule has 0 aliphatic heterocycles. The van der Waals surface area contributed by atoms with E-state index in [2.05, 4.69) is 5.32 Å². The van der Waals surface area contributed by atoms with E-state index >= 15 is 0 Å². The molecule has 27 heavy (non-hydrogen) atoms. The number of hydrogen-bond donors (Lipinski definition) is 1. The molecule has 144 valence electrons. The van der Waals surface area contributed by atoms with E-state index in [-0.39, 0.29) is 24.1 Å². The van der Waals surface area contributed by atoms with Gasteiger partial charge in [0.25, 0.3) is 0 Å². The van der Waals surface area contributed by atoms with Gasteiger partial charge in [0.15, 0.2) is 0 Å². The third kappa shape index (κ3) is 6.07. The van der Waals surface area contributed by atoms with E-state index in [1.165, 1.54) is 12.1 Å². The molecule has 0 fully saturated rings. The summed E-state index contributed by atoms with van der Waals surface area (Å²) < 4.78 is 13.1. The Labute approximate surface area is 164 Å². The second-order valence-electron chi connectivity index (χ2n) is 6.27. The average Bonchev–Trinajstić information content (AvgIpc) is 2.65. The van der Waals surface area contributed by atoms with Crippen LogP contribution in [0.5, 0.6) is 0 Å². The lowest BCUT2D eigenvalue weighted by Gasteiger charge is -2.30. The van der Waals surface area contributed by atoms with E-state index < -0.39 is 6.04 Å². The van der Waals surface area contributed by atoms with Crippen molar-refractivity contribution in [2.75, 3.05) is 6.54 Å². The Morgan fingerprint density at radius 2 is 1.63 bits per heavy atom. The van der Waals surface area contributed by atoms with Crippen LogP contribution >= 0.6 is 11.6 Å². The quantitative estimate of drug-likeness (QED) is 0.741. The molecule has 1 N–H and O–H groups in total. The second-order valence-corrected chi connectivity index (χ2v) is 6.71. The molecule has 2 rings (SSSR count).